The predicted molar refractivity (Wildman–Crippen MR) is 111 cm³/mol. The van der Waals surface area contributed by atoms with Gasteiger partial charge < -0.3 is 10.6 Å². The Balaban J connectivity index is 1.62. The highest BCUT2D eigenvalue weighted by atomic mass is 35.5. The van der Waals surface area contributed by atoms with E-state index in [1.165, 1.54) is 19.1 Å². The smallest absolute Gasteiger partial charge is 0.325 e. The van der Waals surface area contributed by atoms with Crippen LogP contribution in [0.25, 0.3) is 0 Å². The fraction of sp³-hybridized carbons (Fsp3) is 0.200. The summed E-state index contributed by atoms with van der Waals surface area (Å²) in [5, 5.41) is 7.74. The Hall–Kier alpha value is -3.10. The number of benzene rings is 2. The molecular weight excluding hydrogens is 431 g/mol. The van der Waals surface area contributed by atoms with Crippen LogP contribution in [0.15, 0.2) is 48.5 Å². The fourth-order valence-corrected chi connectivity index (χ4v) is 3.65. The molecule has 0 aromatic heterocycles. The zero-order valence-electron chi connectivity index (χ0n) is 15.9. The molecule has 0 unspecified atom stereocenters. The highest BCUT2D eigenvalue weighted by Gasteiger charge is 2.50. The van der Waals surface area contributed by atoms with Crippen molar-refractivity contribution in [2.75, 3.05) is 6.54 Å². The third-order valence-electron chi connectivity index (χ3n) is 4.60. The summed E-state index contributed by atoms with van der Waals surface area (Å²) in [4.78, 5) is 50.0. The van der Waals surface area contributed by atoms with Crippen LogP contribution in [0.1, 0.15) is 18.1 Å². The zero-order valence-corrected chi connectivity index (χ0v) is 17.4. The van der Waals surface area contributed by atoms with Crippen molar-refractivity contribution in [2.24, 2.45) is 0 Å². The molecule has 0 radical (unpaired) electrons. The van der Waals surface area contributed by atoms with Crippen molar-refractivity contribution >= 4 is 47.1 Å². The monoisotopic (exact) mass is 448 g/mol. The van der Waals surface area contributed by atoms with Gasteiger partial charge in [0.25, 0.3) is 5.91 Å². The molecular formula is C20H18Cl2N4O4. The van der Waals surface area contributed by atoms with Gasteiger partial charge in [-0.25, -0.2) is 9.59 Å². The summed E-state index contributed by atoms with van der Waals surface area (Å²) >= 11 is 12.1. The highest BCUT2D eigenvalue weighted by molar-refractivity contribution is 6.35. The van der Waals surface area contributed by atoms with Gasteiger partial charge in [0.2, 0.25) is 5.91 Å². The van der Waals surface area contributed by atoms with Gasteiger partial charge in [-0.3, -0.25) is 19.8 Å². The zero-order chi connectivity index (χ0) is 21.9. The number of carbonyl (C=O) groups is 4. The Morgan fingerprint density at radius 2 is 1.80 bits per heavy atom. The van der Waals surface area contributed by atoms with Gasteiger partial charge in [-0.1, -0.05) is 59.6 Å². The van der Waals surface area contributed by atoms with E-state index in [0.29, 0.717) is 10.6 Å². The summed E-state index contributed by atoms with van der Waals surface area (Å²) < 4.78 is 0. The van der Waals surface area contributed by atoms with Gasteiger partial charge >= 0.3 is 12.1 Å². The highest BCUT2D eigenvalue weighted by Crippen LogP contribution is 2.34. The number of hydrogen-bond acceptors (Lipinski definition) is 4. The maximum Gasteiger partial charge on any atom is 0.325 e. The van der Waals surface area contributed by atoms with Crippen molar-refractivity contribution in [1.82, 2.24) is 20.9 Å². The third kappa shape index (κ3) is 4.55. The van der Waals surface area contributed by atoms with Crippen molar-refractivity contribution in [1.29, 1.82) is 0 Å². The molecule has 2 aromatic rings. The molecule has 2 aromatic carbocycles. The van der Waals surface area contributed by atoms with Crippen LogP contribution in [0, 0.1) is 0 Å². The average molecular weight is 449 g/mol. The molecule has 0 aliphatic carbocycles. The Bertz CT molecular complexity index is 1020. The van der Waals surface area contributed by atoms with Crippen molar-refractivity contribution in [3.8, 4) is 0 Å². The fourth-order valence-electron chi connectivity index (χ4n) is 3.05. The second-order valence-electron chi connectivity index (χ2n) is 6.79. The van der Waals surface area contributed by atoms with Crippen LogP contribution < -0.4 is 16.0 Å². The van der Waals surface area contributed by atoms with Crippen molar-refractivity contribution < 1.29 is 19.2 Å². The van der Waals surface area contributed by atoms with E-state index in [1.807, 2.05) is 30.3 Å². The first kappa shape index (κ1) is 21.6. The number of urea groups is 2. The molecule has 8 nitrogen and oxygen atoms in total. The molecule has 0 saturated carbocycles. The molecule has 1 atom stereocenters. The molecule has 10 heteroatoms. The Kier molecular flexibility index (Phi) is 6.28. The van der Waals surface area contributed by atoms with Crippen LogP contribution in [0.4, 0.5) is 9.59 Å². The Labute approximate surface area is 182 Å². The van der Waals surface area contributed by atoms with E-state index in [-0.39, 0.29) is 11.6 Å². The van der Waals surface area contributed by atoms with Crippen molar-refractivity contribution in [2.45, 2.75) is 19.0 Å². The second kappa shape index (κ2) is 8.73. The first-order chi connectivity index (χ1) is 14.2. The van der Waals surface area contributed by atoms with Crippen LogP contribution in [-0.2, 0) is 21.7 Å². The molecule has 3 rings (SSSR count). The topological polar surface area (TPSA) is 108 Å². The number of carbonyl (C=O) groups excluding carboxylic acids is 4. The lowest BCUT2D eigenvalue weighted by Crippen LogP contribution is -2.46. The molecule has 1 saturated heterocycles. The lowest BCUT2D eigenvalue weighted by molar-refractivity contribution is -0.134. The van der Waals surface area contributed by atoms with Gasteiger partial charge in [0.1, 0.15) is 12.1 Å². The molecule has 1 heterocycles. The maximum absolute atomic E-state index is 12.9. The standard InChI is InChI=1S/C20H18Cl2N4O4/c1-20(14-8-7-13(21)9-15(14)22)17(28)26(19(30)25-20)11-16(27)24-18(29)23-10-12-5-3-2-4-6-12/h2-9H,10-11H2,1H3,(H,25,30)(H2,23,24,27,29)/t20-/m0/s1. The number of amides is 6. The lowest BCUT2D eigenvalue weighted by Gasteiger charge is -2.23. The summed E-state index contributed by atoms with van der Waals surface area (Å²) in [6.45, 7) is 1.08. The van der Waals surface area contributed by atoms with Crippen LogP contribution >= 0.6 is 23.2 Å². The summed E-state index contributed by atoms with van der Waals surface area (Å²) in [7, 11) is 0. The molecule has 1 fully saturated rings. The minimum Gasteiger partial charge on any atom is -0.334 e. The summed E-state index contributed by atoms with van der Waals surface area (Å²) in [6.07, 6.45) is 0. The summed E-state index contributed by atoms with van der Waals surface area (Å²) in [5.41, 5.74) is -0.269. The summed E-state index contributed by atoms with van der Waals surface area (Å²) in [6, 6.07) is 12.1. The first-order valence-corrected chi connectivity index (χ1v) is 9.67. The molecule has 1 aliphatic heterocycles. The third-order valence-corrected chi connectivity index (χ3v) is 5.14. The van der Waals surface area contributed by atoms with Gasteiger partial charge in [0.05, 0.1) is 0 Å². The molecule has 0 spiro atoms. The SMILES string of the molecule is C[C@@]1(c2ccc(Cl)cc2Cl)NC(=O)N(CC(=O)NC(=O)NCc2ccccc2)C1=O. The lowest BCUT2D eigenvalue weighted by atomic mass is 9.92. The van der Waals surface area contributed by atoms with Crippen molar-refractivity contribution in [3.05, 3.63) is 69.7 Å². The number of halogens is 2. The van der Waals surface area contributed by atoms with Crippen LogP contribution in [-0.4, -0.2) is 35.3 Å². The van der Waals surface area contributed by atoms with Crippen LogP contribution in [0.2, 0.25) is 10.0 Å². The van der Waals surface area contributed by atoms with Gasteiger partial charge in [0, 0.05) is 22.2 Å². The second-order valence-corrected chi connectivity index (χ2v) is 7.63. The minimum absolute atomic E-state index is 0.199. The molecule has 0 bridgehead atoms. The van der Waals surface area contributed by atoms with Gasteiger partial charge in [0.15, 0.2) is 0 Å². The molecule has 6 amide bonds. The molecule has 30 heavy (non-hydrogen) atoms. The van der Waals surface area contributed by atoms with E-state index in [1.54, 1.807) is 6.07 Å². The quantitative estimate of drug-likeness (QED) is 0.611. The molecule has 156 valence electrons. The summed E-state index contributed by atoms with van der Waals surface area (Å²) in [5.74, 6) is -1.48. The van der Waals surface area contributed by atoms with Gasteiger partial charge in [-0.2, -0.15) is 0 Å². The van der Waals surface area contributed by atoms with E-state index in [4.69, 9.17) is 23.2 Å². The van der Waals surface area contributed by atoms with Crippen LogP contribution in [0.5, 0.6) is 0 Å². The number of imide groups is 2. The average Bonchev–Trinajstić information content (AvgIpc) is 2.90. The maximum atomic E-state index is 12.9. The first-order valence-electron chi connectivity index (χ1n) is 8.92. The minimum atomic E-state index is -1.46. The number of nitrogens with one attached hydrogen (secondary N) is 3. The van der Waals surface area contributed by atoms with Crippen LogP contribution in [0.3, 0.4) is 0 Å². The van der Waals surface area contributed by atoms with Crippen molar-refractivity contribution in [3.63, 3.8) is 0 Å². The number of rotatable bonds is 5. The van der Waals surface area contributed by atoms with E-state index in [2.05, 4.69) is 16.0 Å². The van der Waals surface area contributed by atoms with E-state index in [0.717, 1.165) is 10.5 Å². The predicted octanol–water partition coefficient (Wildman–Crippen LogP) is 2.79. The number of hydrogen-bond donors (Lipinski definition) is 3. The normalized spacial score (nSPS) is 18.2. The molecule has 1 aliphatic rings. The van der Waals surface area contributed by atoms with Gasteiger partial charge in [-0.15, -0.1) is 0 Å². The van der Waals surface area contributed by atoms with Gasteiger partial charge in [-0.05, 0) is 24.6 Å². The largest absolute Gasteiger partial charge is 0.334 e. The van der Waals surface area contributed by atoms with E-state index < -0.39 is 36.0 Å². The Morgan fingerprint density at radius 3 is 2.47 bits per heavy atom. The Morgan fingerprint density at radius 1 is 1.10 bits per heavy atom. The van der Waals surface area contributed by atoms with E-state index in [9.17, 15) is 19.2 Å². The number of nitrogens with zero attached hydrogens (tertiary/aromatic N) is 1. The molecule has 3 N–H and O–H groups in total. The van der Waals surface area contributed by atoms with E-state index >= 15 is 0 Å².